The summed E-state index contributed by atoms with van der Waals surface area (Å²) in [7, 11) is 1.57. The van der Waals surface area contributed by atoms with Crippen molar-refractivity contribution in [1.29, 1.82) is 0 Å². The molecular weight excluding hydrogens is 388 g/mol. The summed E-state index contributed by atoms with van der Waals surface area (Å²) in [5, 5.41) is 2.90. The second-order valence-electron chi connectivity index (χ2n) is 4.63. The highest BCUT2D eigenvalue weighted by Crippen LogP contribution is 2.27. The van der Waals surface area contributed by atoms with Crippen molar-refractivity contribution in [1.82, 2.24) is 5.32 Å². The van der Waals surface area contributed by atoms with E-state index in [0.29, 0.717) is 19.5 Å². The van der Waals surface area contributed by atoms with E-state index in [1.54, 1.807) is 7.11 Å². The summed E-state index contributed by atoms with van der Waals surface area (Å²) in [5.74, 6) is 1.05. The zero-order valence-corrected chi connectivity index (χ0v) is 15.9. The Kier molecular flexibility index (Phi) is 13.0. The molecule has 1 rings (SSSR count). The van der Waals surface area contributed by atoms with Crippen molar-refractivity contribution in [2.24, 2.45) is 5.73 Å². The maximum Gasteiger partial charge on any atom is 0.222 e. The SMILES string of the molecule is COC(CN)CC(=O)NCCCCSc1ccccc1Br.Cl. The average molecular weight is 412 g/mol. The fraction of sp³-hybridized carbons (Fsp3) is 0.533. The third kappa shape index (κ3) is 9.00. The molecule has 0 aliphatic rings. The largest absolute Gasteiger partial charge is 0.380 e. The number of hydrogen-bond donors (Lipinski definition) is 2. The minimum absolute atomic E-state index is 0. The van der Waals surface area contributed by atoms with Crippen LogP contribution < -0.4 is 11.1 Å². The van der Waals surface area contributed by atoms with Crippen LogP contribution in [0.5, 0.6) is 0 Å². The number of methoxy groups -OCH3 is 1. The van der Waals surface area contributed by atoms with E-state index in [-0.39, 0.29) is 24.4 Å². The van der Waals surface area contributed by atoms with Crippen molar-refractivity contribution in [2.45, 2.75) is 30.3 Å². The van der Waals surface area contributed by atoms with E-state index in [2.05, 4.69) is 27.3 Å². The van der Waals surface area contributed by atoms with Crippen LogP contribution >= 0.6 is 40.1 Å². The van der Waals surface area contributed by atoms with Gasteiger partial charge >= 0.3 is 0 Å². The molecule has 1 unspecified atom stereocenters. The van der Waals surface area contributed by atoms with E-state index in [4.69, 9.17) is 10.5 Å². The minimum atomic E-state index is -0.184. The number of amides is 1. The minimum Gasteiger partial charge on any atom is -0.380 e. The molecule has 0 aliphatic heterocycles. The lowest BCUT2D eigenvalue weighted by atomic mass is 10.2. The Morgan fingerprint density at radius 1 is 1.41 bits per heavy atom. The standard InChI is InChI=1S/C15H23BrN2O2S.ClH/c1-20-12(11-17)10-15(19)18-8-4-5-9-21-14-7-3-2-6-13(14)16;/h2-3,6-7,12H,4-5,8-11,17H2,1H3,(H,18,19);1H. The Morgan fingerprint density at radius 2 is 2.14 bits per heavy atom. The first-order valence-corrected chi connectivity index (χ1v) is 8.82. The van der Waals surface area contributed by atoms with E-state index in [9.17, 15) is 4.79 Å². The number of carbonyl (C=O) groups is 1. The number of nitrogens with two attached hydrogens (primary N) is 1. The molecule has 0 aliphatic carbocycles. The second kappa shape index (κ2) is 13.2. The number of hydrogen-bond acceptors (Lipinski definition) is 4. The fourth-order valence-corrected chi connectivity index (χ4v) is 3.32. The molecule has 7 heteroatoms. The van der Waals surface area contributed by atoms with Crippen LogP contribution in [-0.2, 0) is 9.53 Å². The summed E-state index contributed by atoms with van der Waals surface area (Å²) >= 11 is 5.36. The fourth-order valence-electron chi connectivity index (χ4n) is 1.74. The van der Waals surface area contributed by atoms with E-state index in [1.165, 1.54) is 4.90 Å². The maximum absolute atomic E-state index is 11.6. The molecule has 126 valence electrons. The molecule has 0 saturated carbocycles. The highest BCUT2D eigenvalue weighted by molar-refractivity contribution is 9.10. The number of rotatable bonds is 10. The monoisotopic (exact) mass is 410 g/mol. The zero-order chi connectivity index (χ0) is 15.5. The molecular formula is C15H24BrClN2O2S. The van der Waals surface area contributed by atoms with Crippen molar-refractivity contribution < 1.29 is 9.53 Å². The van der Waals surface area contributed by atoms with Gasteiger partial charge in [0, 0.05) is 29.6 Å². The van der Waals surface area contributed by atoms with Crippen LogP contribution in [0.3, 0.4) is 0 Å². The first-order valence-electron chi connectivity index (χ1n) is 7.04. The van der Waals surface area contributed by atoms with Gasteiger partial charge in [0.25, 0.3) is 0 Å². The maximum atomic E-state index is 11.6. The van der Waals surface area contributed by atoms with Gasteiger partial charge in [-0.1, -0.05) is 12.1 Å². The van der Waals surface area contributed by atoms with Gasteiger partial charge < -0.3 is 15.8 Å². The van der Waals surface area contributed by atoms with Crippen molar-refractivity contribution >= 4 is 46.0 Å². The third-order valence-electron chi connectivity index (χ3n) is 3.00. The van der Waals surface area contributed by atoms with Crippen LogP contribution in [0.25, 0.3) is 0 Å². The summed E-state index contributed by atoms with van der Waals surface area (Å²) in [6.07, 6.45) is 2.19. The van der Waals surface area contributed by atoms with Crippen LogP contribution in [0.2, 0.25) is 0 Å². The second-order valence-corrected chi connectivity index (χ2v) is 6.62. The van der Waals surface area contributed by atoms with Crippen molar-refractivity contribution in [3.8, 4) is 0 Å². The van der Waals surface area contributed by atoms with Crippen molar-refractivity contribution in [2.75, 3.05) is 26.0 Å². The van der Waals surface area contributed by atoms with Crippen LogP contribution in [0.1, 0.15) is 19.3 Å². The van der Waals surface area contributed by atoms with E-state index in [1.807, 2.05) is 30.0 Å². The molecule has 0 fully saturated rings. The number of unbranched alkanes of at least 4 members (excludes halogenated alkanes) is 1. The number of benzene rings is 1. The Balaban J connectivity index is 0.00000441. The van der Waals surface area contributed by atoms with E-state index < -0.39 is 0 Å². The topological polar surface area (TPSA) is 64.3 Å². The van der Waals surface area contributed by atoms with Crippen LogP contribution in [0, 0.1) is 0 Å². The summed E-state index contributed by atoms with van der Waals surface area (Å²) < 4.78 is 6.22. The van der Waals surface area contributed by atoms with Gasteiger partial charge in [-0.2, -0.15) is 0 Å². The number of thioether (sulfide) groups is 1. The van der Waals surface area contributed by atoms with Crippen molar-refractivity contribution in [3.05, 3.63) is 28.7 Å². The molecule has 0 spiro atoms. The Hall–Kier alpha value is -0.270. The van der Waals surface area contributed by atoms with Gasteiger partial charge in [0.2, 0.25) is 5.91 Å². The molecule has 0 radical (unpaired) electrons. The summed E-state index contributed by atoms with van der Waals surface area (Å²) in [5.41, 5.74) is 5.48. The van der Waals surface area contributed by atoms with Gasteiger partial charge in [0.1, 0.15) is 0 Å². The predicted octanol–water partition coefficient (Wildman–Crippen LogP) is 3.22. The Morgan fingerprint density at radius 3 is 2.77 bits per heavy atom. The average Bonchev–Trinajstić information content (AvgIpc) is 2.50. The van der Waals surface area contributed by atoms with Gasteiger partial charge in [-0.15, -0.1) is 24.2 Å². The van der Waals surface area contributed by atoms with Gasteiger partial charge in [-0.25, -0.2) is 0 Å². The number of carbonyl (C=O) groups excluding carboxylic acids is 1. The molecule has 1 aromatic carbocycles. The van der Waals surface area contributed by atoms with Crippen LogP contribution in [0.15, 0.2) is 33.6 Å². The molecule has 0 saturated heterocycles. The van der Waals surface area contributed by atoms with Crippen molar-refractivity contribution in [3.63, 3.8) is 0 Å². The zero-order valence-electron chi connectivity index (χ0n) is 12.7. The molecule has 0 aromatic heterocycles. The smallest absolute Gasteiger partial charge is 0.222 e. The molecule has 1 aromatic rings. The van der Waals surface area contributed by atoms with E-state index in [0.717, 1.165) is 23.1 Å². The predicted molar refractivity (Wildman–Crippen MR) is 98.8 cm³/mol. The van der Waals surface area contributed by atoms with Gasteiger partial charge in [0.15, 0.2) is 0 Å². The molecule has 1 atom stereocenters. The lowest BCUT2D eigenvalue weighted by Gasteiger charge is -2.12. The molecule has 0 bridgehead atoms. The summed E-state index contributed by atoms with van der Waals surface area (Å²) in [6, 6.07) is 8.20. The normalized spacial score (nSPS) is 11.6. The Labute approximate surface area is 151 Å². The lowest BCUT2D eigenvalue weighted by molar-refractivity contribution is -0.123. The molecule has 4 nitrogen and oxygen atoms in total. The van der Waals surface area contributed by atoms with E-state index >= 15 is 0 Å². The number of ether oxygens (including phenoxy) is 1. The lowest BCUT2D eigenvalue weighted by Crippen LogP contribution is -2.32. The van der Waals surface area contributed by atoms with Gasteiger partial charge in [-0.05, 0) is 46.7 Å². The third-order valence-corrected chi connectivity index (χ3v) is 5.11. The van der Waals surface area contributed by atoms with Gasteiger partial charge in [-0.3, -0.25) is 4.79 Å². The highest BCUT2D eigenvalue weighted by Gasteiger charge is 2.10. The number of nitrogens with one attached hydrogen (secondary N) is 1. The van der Waals surface area contributed by atoms with Crippen LogP contribution in [0.4, 0.5) is 0 Å². The number of halogens is 2. The molecule has 1 amide bonds. The van der Waals surface area contributed by atoms with Crippen LogP contribution in [-0.4, -0.2) is 38.0 Å². The first-order chi connectivity index (χ1) is 10.2. The first kappa shape index (κ1) is 21.7. The molecule has 3 N–H and O–H groups in total. The molecule has 22 heavy (non-hydrogen) atoms. The molecule has 0 heterocycles. The quantitative estimate of drug-likeness (QED) is 0.458. The van der Waals surface area contributed by atoms with Gasteiger partial charge in [0.05, 0.1) is 12.5 Å². The summed E-state index contributed by atoms with van der Waals surface area (Å²) in [4.78, 5) is 12.9. The Bertz CT molecular complexity index is 434. The summed E-state index contributed by atoms with van der Waals surface area (Å²) in [6.45, 7) is 1.07. The highest BCUT2D eigenvalue weighted by atomic mass is 79.9.